The number of rotatable bonds is 4. The molecule has 2 amide bonds. The van der Waals surface area contributed by atoms with Gasteiger partial charge in [-0.05, 0) is 24.1 Å². The summed E-state index contributed by atoms with van der Waals surface area (Å²) in [6.45, 7) is 0. The highest BCUT2D eigenvalue weighted by atomic mass is 16.5. The van der Waals surface area contributed by atoms with Crippen LogP contribution < -0.4 is 11.2 Å². The third kappa shape index (κ3) is 3.40. The summed E-state index contributed by atoms with van der Waals surface area (Å²) in [6.07, 6.45) is 0.617. The van der Waals surface area contributed by atoms with E-state index in [0.29, 0.717) is 12.0 Å². The standard InChI is InChI=1S/C10H12N2O3/c11-10(14)8-3-1-2-7(6-8)4-5-9(13)12-15/h1-3,6,15H,4-5H2,(H2,11,14)(H,12,13). The van der Waals surface area contributed by atoms with Gasteiger partial charge in [0.15, 0.2) is 0 Å². The Balaban J connectivity index is 2.66. The van der Waals surface area contributed by atoms with Crippen molar-refractivity contribution in [3.8, 4) is 0 Å². The lowest BCUT2D eigenvalue weighted by Gasteiger charge is -2.02. The van der Waals surface area contributed by atoms with Gasteiger partial charge < -0.3 is 5.73 Å². The summed E-state index contributed by atoms with van der Waals surface area (Å²) in [6, 6.07) is 6.73. The molecule has 1 rings (SSSR count). The van der Waals surface area contributed by atoms with Gasteiger partial charge in [0.1, 0.15) is 0 Å². The smallest absolute Gasteiger partial charge is 0.248 e. The minimum Gasteiger partial charge on any atom is -0.366 e. The molecule has 0 bridgehead atoms. The molecule has 0 spiro atoms. The van der Waals surface area contributed by atoms with E-state index in [1.54, 1.807) is 29.7 Å². The fourth-order valence-electron chi connectivity index (χ4n) is 1.19. The van der Waals surface area contributed by atoms with Crippen molar-refractivity contribution in [3.63, 3.8) is 0 Å². The molecule has 0 saturated heterocycles. The van der Waals surface area contributed by atoms with Crippen LogP contribution in [-0.2, 0) is 11.2 Å². The van der Waals surface area contributed by atoms with Crippen molar-refractivity contribution in [1.29, 1.82) is 0 Å². The Morgan fingerprint density at radius 1 is 1.40 bits per heavy atom. The predicted octanol–water partition coefficient (Wildman–Crippen LogP) is 0.223. The number of hydrogen-bond donors (Lipinski definition) is 3. The summed E-state index contributed by atoms with van der Waals surface area (Å²) in [5.74, 6) is -0.956. The van der Waals surface area contributed by atoms with Gasteiger partial charge in [0.05, 0.1) is 0 Å². The first-order valence-electron chi connectivity index (χ1n) is 4.45. The van der Waals surface area contributed by atoms with Crippen LogP contribution in [0.3, 0.4) is 0 Å². The van der Waals surface area contributed by atoms with Gasteiger partial charge in [-0.3, -0.25) is 14.8 Å². The minimum atomic E-state index is -0.497. The highest BCUT2D eigenvalue weighted by Gasteiger charge is 2.03. The number of benzene rings is 1. The fourth-order valence-corrected chi connectivity index (χ4v) is 1.19. The Bertz CT molecular complexity index is 377. The molecular formula is C10H12N2O3. The van der Waals surface area contributed by atoms with Gasteiger partial charge in [-0.1, -0.05) is 12.1 Å². The summed E-state index contributed by atoms with van der Waals surface area (Å²) < 4.78 is 0. The largest absolute Gasteiger partial charge is 0.366 e. The molecule has 0 atom stereocenters. The Hall–Kier alpha value is -1.88. The summed E-state index contributed by atoms with van der Waals surface area (Å²) in [5, 5.41) is 8.28. The molecule has 5 nitrogen and oxygen atoms in total. The van der Waals surface area contributed by atoms with Crippen molar-refractivity contribution in [2.75, 3.05) is 0 Å². The lowest BCUT2D eigenvalue weighted by Crippen LogP contribution is -2.18. The van der Waals surface area contributed by atoms with Crippen LogP contribution in [0.4, 0.5) is 0 Å². The quantitative estimate of drug-likeness (QED) is 0.488. The molecule has 1 aromatic carbocycles. The van der Waals surface area contributed by atoms with E-state index in [-0.39, 0.29) is 6.42 Å². The summed E-state index contributed by atoms with van der Waals surface area (Å²) in [7, 11) is 0. The van der Waals surface area contributed by atoms with Gasteiger partial charge in [-0.15, -0.1) is 0 Å². The molecule has 15 heavy (non-hydrogen) atoms. The Kier molecular flexibility index (Phi) is 3.82. The summed E-state index contributed by atoms with van der Waals surface area (Å²) in [5.41, 5.74) is 7.89. The van der Waals surface area contributed by atoms with Crippen LogP contribution >= 0.6 is 0 Å². The van der Waals surface area contributed by atoms with E-state index in [4.69, 9.17) is 10.9 Å². The van der Waals surface area contributed by atoms with Gasteiger partial charge >= 0.3 is 0 Å². The first kappa shape index (κ1) is 11.2. The van der Waals surface area contributed by atoms with E-state index in [2.05, 4.69) is 0 Å². The second kappa shape index (κ2) is 5.11. The van der Waals surface area contributed by atoms with Crippen molar-refractivity contribution >= 4 is 11.8 Å². The third-order valence-electron chi connectivity index (χ3n) is 1.98. The van der Waals surface area contributed by atoms with E-state index in [0.717, 1.165) is 5.56 Å². The van der Waals surface area contributed by atoms with Gasteiger partial charge in [-0.2, -0.15) is 0 Å². The third-order valence-corrected chi connectivity index (χ3v) is 1.98. The monoisotopic (exact) mass is 208 g/mol. The highest BCUT2D eigenvalue weighted by molar-refractivity contribution is 5.92. The maximum atomic E-state index is 10.9. The molecule has 1 aromatic rings. The molecule has 0 fully saturated rings. The number of carbonyl (C=O) groups is 2. The van der Waals surface area contributed by atoms with E-state index in [1.807, 2.05) is 0 Å². The molecule has 5 heteroatoms. The number of aryl methyl sites for hydroxylation is 1. The zero-order valence-corrected chi connectivity index (χ0v) is 8.06. The molecule has 0 radical (unpaired) electrons. The number of carbonyl (C=O) groups excluding carboxylic acids is 2. The molecule has 0 unspecified atom stereocenters. The number of hydrogen-bond acceptors (Lipinski definition) is 3. The fraction of sp³-hybridized carbons (Fsp3) is 0.200. The van der Waals surface area contributed by atoms with Crippen molar-refractivity contribution < 1.29 is 14.8 Å². The van der Waals surface area contributed by atoms with Crippen molar-refractivity contribution in [2.24, 2.45) is 5.73 Å². The molecule has 0 aromatic heterocycles. The Morgan fingerprint density at radius 2 is 2.13 bits per heavy atom. The number of nitrogens with two attached hydrogens (primary N) is 1. The van der Waals surface area contributed by atoms with Crippen LogP contribution in [0, 0.1) is 0 Å². The lowest BCUT2D eigenvalue weighted by atomic mass is 10.1. The maximum Gasteiger partial charge on any atom is 0.248 e. The maximum absolute atomic E-state index is 10.9. The molecule has 4 N–H and O–H groups in total. The van der Waals surface area contributed by atoms with Crippen molar-refractivity contribution in [1.82, 2.24) is 5.48 Å². The van der Waals surface area contributed by atoms with Crippen LogP contribution in [0.2, 0.25) is 0 Å². The Labute approximate surface area is 86.9 Å². The van der Waals surface area contributed by atoms with Gasteiger partial charge in [-0.25, -0.2) is 5.48 Å². The van der Waals surface area contributed by atoms with Gasteiger partial charge in [0.2, 0.25) is 11.8 Å². The normalized spacial score (nSPS) is 9.67. The molecule has 0 saturated carbocycles. The first-order valence-corrected chi connectivity index (χ1v) is 4.45. The summed E-state index contributed by atoms with van der Waals surface area (Å²) >= 11 is 0. The number of primary amides is 1. The number of hydroxylamine groups is 1. The lowest BCUT2D eigenvalue weighted by molar-refractivity contribution is -0.129. The van der Waals surface area contributed by atoms with E-state index >= 15 is 0 Å². The van der Waals surface area contributed by atoms with Crippen LogP contribution in [0.5, 0.6) is 0 Å². The van der Waals surface area contributed by atoms with Crippen LogP contribution in [0.1, 0.15) is 22.3 Å². The van der Waals surface area contributed by atoms with Crippen molar-refractivity contribution in [3.05, 3.63) is 35.4 Å². The average Bonchev–Trinajstić information content (AvgIpc) is 2.26. The van der Waals surface area contributed by atoms with Crippen molar-refractivity contribution in [2.45, 2.75) is 12.8 Å². The molecule has 0 aliphatic rings. The minimum absolute atomic E-state index is 0.165. The van der Waals surface area contributed by atoms with E-state index in [9.17, 15) is 9.59 Å². The first-order chi connectivity index (χ1) is 7.13. The van der Waals surface area contributed by atoms with Crippen LogP contribution in [0.15, 0.2) is 24.3 Å². The Morgan fingerprint density at radius 3 is 2.73 bits per heavy atom. The molecule has 0 aliphatic heterocycles. The second-order valence-corrected chi connectivity index (χ2v) is 3.10. The number of nitrogens with one attached hydrogen (secondary N) is 1. The van der Waals surface area contributed by atoms with Gasteiger partial charge in [0, 0.05) is 12.0 Å². The molecule has 0 aliphatic carbocycles. The van der Waals surface area contributed by atoms with Crippen LogP contribution in [0.25, 0.3) is 0 Å². The van der Waals surface area contributed by atoms with E-state index < -0.39 is 11.8 Å². The molecule has 80 valence electrons. The molecular weight excluding hydrogens is 196 g/mol. The van der Waals surface area contributed by atoms with Gasteiger partial charge in [0.25, 0.3) is 0 Å². The van der Waals surface area contributed by atoms with Crippen LogP contribution in [-0.4, -0.2) is 17.0 Å². The second-order valence-electron chi connectivity index (χ2n) is 3.10. The topological polar surface area (TPSA) is 92.4 Å². The zero-order valence-electron chi connectivity index (χ0n) is 8.06. The summed E-state index contributed by atoms with van der Waals surface area (Å²) in [4.78, 5) is 21.6. The predicted molar refractivity (Wildman–Crippen MR) is 53.2 cm³/mol. The highest BCUT2D eigenvalue weighted by Crippen LogP contribution is 2.07. The zero-order chi connectivity index (χ0) is 11.3. The molecule has 0 heterocycles. The SMILES string of the molecule is NC(=O)c1cccc(CCC(=O)NO)c1. The van der Waals surface area contributed by atoms with E-state index in [1.165, 1.54) is 0 Å². The average molecular weight is 208 g/mol. The number of amides is 2.